The molecule has 3 nitrogen and oxygen atoms in total. The zero-order valence-corrected chi connectivity index (χ0v) is 13.7. The van der Waals surface area contributed by atoms with Crippen molar-refractivity contribution in [2.24, 2.45) is 0 Å². The maximum absolute atomic E-state index is 13.9. The Kier molecular flexibility index (Phi) is 8.01. The highest BCUT2D eigenvalue weighted by atomic mass is 35.5. The lowest BCUT2D eigenvalue weighted by Gasteiger charge is -2.36. The molecule has 0 bridgehead atoms. The van der Waals surface area contributed by atoms with Gasteiger partial charge in [0.2, 0.25) is 0 Å². The number of ether oxygens (including phenoxy) is 1. The summed E-state index contributed by atoms with van der Waals surface area (Å²) in [5, 5.41) is 3.37. The molecule has 1 aliphatic heterocycles. The first-order chi connectivity index (χ1) is 9.77. The number of halogens is 2. The standard InChI is InChI=1S/C16H25FN2O.ClH/c1-3-4-8-15(19-11-9-18-10-12-19)13-6-5-7-14(17)16(13)20-2;/h5-7,15,18H,3-4,8-12H2,1-2H3;1H/t15-;/m0./s1. The number of benzene rings is 1. The highest BCUT2D eigenvalue weighted by Gasteiger charge is 2.25. The van der Waals surface area contributed by atoms with Crippen LogP contribution >= 0.6 is 12.4 Å². The van der Waals surface area contributed by atoms with Crippen molar-refractivity contribution in [3.8, 4) is 5.75 Å². The van der Waals surface area contributed by atoms with Crippen LogP contribution in [0.1, 0.15) is 37.8 Å². The van der Waals surface area contributed by atoms with Crippen molar-refractivity contribution in [2.45, 2.75) is 32.2 Å². The summed E-state index contributed by atoms with van der Waals surface area (Å²) in [5.74, 6) is 0.147. The maximum atomic E-state index is 13.9. The minimum Gasteiger partial charge on any atom is -0.493 e. The predicted molar refractivity (Wildman–Crippen MR) is 86.9 cm³/mol. The van der Waals surface area contributed by atoms with Gasteiger partial charge in [-0.3, -0.25) is 4.90 Å². The quantitative estimate of drug-likeness (QED) is 0.870. The minimum absolute atomic E-state index is 0. The van der Waals surface area contributed by atoms with Crippen molar-refractivity contribution in [1.29, 1.82) is 0 Å². The molecular formula is C16H26ClFN2O. The number of hydrogen-bond acceptors (Lipinski definition) is 3. The number of piperazine rings is 1. The van der Waals surface area contributed by atoms with E-state index in [4.69, 9.17) is 4.74 Å². The molecule has 5 heteroatoms. The Morgan fingerprint density at radius 1 is 1.33 bits per heavy atom. The van der Waals surface area contributed by atoms with Crippen LogP contribution in [0.3, 0.4) is 0 Å². The fourth-order valence-electron chi connectivity index (χ4n) is 2.93. The van der Waals surface area contributed by atoms with Gasteiger partial charge in [0.1, 0.15) is 0 Å². The largest absolute Gasteiger partial charge is 0.493 e. The third kappa shape index (κ3) is 4.56. The molecule has 1 heterocycles. The van der Waals surface area contributed by atoms with Gasteiger partial charge in [0.25, 0.3) is 0 Å². The van der Waals surface area contributed by atoms with Gasteiger partial charge in [0.05, 0.1) is 7.11 Å². The molecular weight excluding hydrogens is 291 g/mol. The van der Waals surface area contributed by atoms with Gasteiger partial charge in [0.15, 0.2) is 11.6 Å². The molecule has 0 saturated carbocycles. The highest BCUT2D eigenvalue weighted by Crippen LogP contribution is 2.34. The molecule has 1 fully saturated rings. The predicted octanol–water partition coefficient (Wildman–Crippen LogP) is 3.39. The lowest BCUT2D eigenvalue weighted by molar-refractivity contribution is 0.159. The average Bonchev–Trinajstić information content (AvgIpc) is 2.49. The summed E-state index contributed by atoms with van der Waals surface area (Å²) in [6.07, 6.45) is 3.35. The van der Waals surface area contributed by atoms with Gasteiger partial charge in [-0.2, -0.15) is 0 Å². The van der Waals surface area contributed by atoms with E-state index in [-0.39, 0.29) is 24.3 Å². The van der Waals surface area contributed by atoms with Crippen molar-refractivity contribution in [3.63, 3.8) is 0 Å². The van der Waals surface area contributed by atoms with E-state index in [1.165, 1.54) is 6.07 Å². The summed E-state index contributed by atoms with van der Waals surface area (Å²) < 4.78 is 19.3. The monoisotopic (exact) mass is 316 g/mol. The van der Waals surface area contributed by atoms with E-state index in [0.29, 0.717) is 5.75 Å². The van der Waals surface area contributed by atoms with Crippen molar-refractivity contribution in [3.05, 3.63) is 29.6 Å². The van der Waals surface area contributed by atoms with Gasteiger partial charge in [-0.05, 0) is 12.5 Å². The number of hydrogen-bond donors (Lipinski definition) is 1. The zero-order chi connectivity index (χ0) is 14.4. The van der Waals surface area contributed by atoms with Crippen LogP contribution < -0.4 is 10.1 Å². The summed E-state index contributed by atoms with van der Waals surface area (Å²) >= 11 is 0. The minimum atomic E-state index is -0.262. The first-order valence-corrected chi connectivity index (χ1v) is 7.55. The maximum Gasteiger partial charge on any atom is 0.165 e. The topological polar surface area (TPSA) is 24.5 Å². The molecule has 1 aliphatic rings. The molecule has 2 rings (SSSR count). The Morgan fingerprint density at radius 2 is 2.05 bits per heavy atom. The van der Waals surface area contributed by atoms with E-state index in [2.05, 4.69) is 17.1 Å². The van der Waals surface area contributed by atoms with E-state index in [9.17, 15) is 4.39 Å². The van der Waals surface area contributed by atoms with Crippen LogP contribution in [0.25, 0.3) is 0 Å². The lowest BCUT2D eigenvalue weighted by atomic mass is 9.97. The molecule has 1 aromatic carbocycles. The molecule has 1 aromatic rings. The third-order valence-electron chi connectivity index (χ3n) is 3.98. The third-order valence-corrected chi connectivity index (χ3v) is 3.98. The van der Waals surface area contributed by atoms with Crippen LogP contribution in [0.2, 0.25) is 0 Å². The Labute approximate surface area is 133 Å². The molecule has 0 aromatic heterocycles. The van der Waals surface area contributed by atoms with Gasteiger partial charge in [-0.25, -0.2) is 4.39 Å². The van der Waals surface area contributed by atoms with Crippen LogP contribution in [-0.2, 0) is 0 Å². The number of unbranched alkanes of at least 4 members (excludes halogenated alkanes) is 1. The van der Waals surface area contributed by atoms with E-state index in [1.807, 2.05) is 6.07 Å². The van der Waals surface area contributed by atoms with Gasteiger partial charge >= 0.3 is 0 Å². The summed E-state index contributed by atoms with van der Waals surface area (Å²) in [7, 11) is 1.55. The summed E-state index contributed by atoms with van der Waals surface area (Å²) in [6, 6.07) is 5.51. The number of nitrogens with one attached hydrogen (secondary N) is 1. The van der Waals surface area contributed by atoms with Crippen LogP contribution in [0, 0.1) is 5.82 Å². The van der Waals surface area contributed by atoms with Gasteiger partial charge < -0.3 is 10.1 Å². The van der Waals surface area contributed by atoms with E-state index >= 15 is 0 Å². The summed E-state index contributed by atoms with van der Waals surface area (Å²) in [5.41, 5.74) is 0.989. The van der Waals surface area contributed by atoms with E-state index in [1.54, 1.807) is 13.2 Å². The fraction of sp³-hybridized carbons (Fsp3) is 0.625. The first-order valence-electron chi connectivity index (χ1n) is 7.55. The number of methoxy groups -OCH3 is 1. The molecule has 1 atom stereocenters. The Balaban J connectivity index is 0.00000220. The zero-order valence-electron chi connectivity index (χ0n) is 12.9. The van der Waals surface area contributed by atoms with Gasteiger partial charge in [-0.1, -0.05) is 31.9 Å². The molecule has 0 amide bonds. The van der Waals surface area contributed by atoms with Crippen LogP contribution in [0.4, 0.5) is 4.39 Å². The second-order valence-corrected chi connectivity index (χ2v) is 5.31. The second-order valence-electron chi connectivity index (χ2n) is 5.31. The smallest absolute Gasteiger partial charge is 0.165 e. The molecule has 120 valence electrons. The van der Waals surface area contributed by atoms with Crippen molar-refractivity contribution >= 4 is 12.4 Å². The second kappa shape index (κ2) is 9.23. The van der Waals surface area contributed by atoms with Gasteiger partial charge in [-0.15, -0.1) is 12.4 Å². The highest BCUT2D eigenvalue weighted by molar-refractivity contribution is 5.85. The molecule has 1 saturated heterocycles. The summed E-state index contributed by atoms with van der Waals surface area (Å²) in [6.45, 7) is 6.21. The van der Waals surface area contributed by atoms with E-state index < -0.39 is 0 Å². The molecule has 0 spiro atoms. The van der Waals surface area contributed by atoms with Crippen molar-refractivity contribution in [1.82, 2.24) is 10.2 Å². The Morgan fingerprint density at radius 3 is 2.67 bits per heavy atom. The van der Waals surface area contributed by atoms with Crippen molar-refractivity contribution in [2.75, 3.05) is 33.3 Å². The molecule has 0 unspecified atom stereocenters. The number of nitrogens with zero attached hydrogens (tertiary/aromatic N) is 1. The van der Waals surface area contributed by atoms with Crippen LogP contribution in [-0.4, -0.2) is 38.2 Å². The molecule has 0 radical (unpaired) electrons. The lowest BCUT2D eigenvalue weighted by Crippen LogP contribution is -2.45. The first kappa shape index (κ1) is 18.2. The van der Waals surface area contributed by atoms with Crippen molar-refractivity contribution < 1.29 is 9.13 Å². The van der Waals surface area contributed by atoms with Crippen LogP contribution in [0.5, 0.6) is 5.75 Å². The van der Waals surface area contributed by atoms with E-state index in [0.717, 1.165) is 51.0 Å². The Bertz CT molecular complexity index is 425. The summed E-state index contributed by atoms with van der Waals surface area (Å²) in [4.78, 5) is 2.45. The fourth-order valence-corrected chi connectivity index (χ4v) is 2.93. The van der Waals surface area contributed by atoms with Crippen LogP contribution in [0.15, 0.2) is 18.2 Å². The molecule has 21 heavy (non-hydrogen) atoms. The SMILES string of the molecule is CCCC[C@@H](c1cccc(F)c1OC)N1CCNCC1.Cl. The molecule has 1 N–H and O–H groups in total. The molecule has 0 aliphatic carbocycles. The van der Waals surface area contributed by atoms with Gasteiger partial charge in [0, 0.05) is 37.8 Å². The normalized spacial score (nSPS) is 17.1. The average molecular weight is 317 g/mol. The number of para-hydroxylation sites is 1. The Hall–Kier alpha value is -0.840. The number of rotatable bonds is 6.